The zero-order valence-electron chi connectivity index (χ0n) is 14.9. The van der Waals surface area contributed by atoms with Gasteiger partial charge >= 0.3 is 0 Å². The Morgan fingerprint density at radius 2 is 1.88 bits per heavy atom. The smallest absolute Gasteiger partial charge is 0.255 e. The van der Waals surface area contributed by atoms with Crippen molar-refractivity contribution < 1.29 is 9.59 Å². The Hall–Kier alpha value is -3.21. The number of nitrogens with one attached hydrogen (secondary N) is 1. The average Bonchev–Trinajstić information content (AvgIpc) is 2.82. The van der Waals surface area contributed by atoms with Crippen LogP contribution < -0.4 is 10.2 Å². The van der Waals surface area contributed by atoms with Gasteiger partial charge in [0.2, 0.25) is 5.91 Å². The minimum absolute atomic E-state index is 0.0308. The molecule has 0 saturated heterocycles. The van der Waals surface area contributed by atoms with Gasteiger partial charge in [0.25, 0.3) is 5.91 Å². The van der Waals surface area contributed by atoms with Crippen molar-refractivity contribution in [3.63, 3.8) is 0 Å². The van der Waals surface area contributed by atoms with E-state index in [0.29, 0.717) is 11.3 Å². The maximum Gasteiger partial charge on any atom is 0.255 e. The van der Waals surface area contributed by atoms with Gasteiger partial charge in [-0.05, 0) is 49.7 Å². The van der Waals surface area contributed by atoms with Crippen LogP contribution in [0.3, 0.4) is 0 Å². The molecule has 1 N–H and O–H groups in total. The Labute approximate surface area is 151 Å². The van der Waals surface area contributed by atoms with Crippen molar-refractivity contribution in [1.82, 2.24) is 4.98 Å². The van der Waals surface area contributed by atoms with E-state index >= 15 is 0 Å². The highest BCUT2D eigenvalue weighted by atomic mass is 16.2. The van der Waals surface area contributed by atoms with Gasteiger partial charge in [0, 0.05) is 29.9 Å². The van der Waals surface area contributed by atoms with E-state index in [2.05, 4.69) is 10.3 Å². The highest BCUT2D eigenvalue weighted by Crippen LogP contribution is 2.41. The molecule has 2 heterocycles. The molecule has 0 aliphatic carbocycles. The van der Waals surface area contributed by atoms with Crippen LogP contribution in [0, 0.1) is 0 Å². The predicted octanol–water partition coefficient (Wildman–Crippen LogP) is 3.74. The predicted molar refractivity (Wildman–Crippen MR) is 103 cm³/mol. The van der Waals surface area contributed by atoms with Crippen molar-refractivity contribution in [3.8, 4) is 0 Å². The fourth-order valence-corrected chi connectivity index (χ4v) is 3.51. The Morgan fingerprint density at radius 1 is 1.12 bits per heavy atom. The molecule has 5 heteroatoms. The first kappa shape index (κ1) is 16.3. The van der Waals surface area contributed by atoms with Gasteiger partial charge in [-0.25, -0.2) is 0 Å². The zero-order valence-corrected chi connectivity index (χ0v) is 14.9. The number of pyridine rings is 1. The van der Waals surface area contributed by atoms with Crippen LogP contribution in [-0.2, 0) is 10.2 Å². The third-order valence-electron chi connectivity index (χ3n) is 5.01. The summed E-state index contributed by atoms with van der Waals surface area (Å²) in [6.07, 6.45) is 1.71. The number of hydrogen-bond acceptors (Lipinski definition) is 3. The van der Waals surface area contributed by atoms with E-state index in [4.69, 9.17) is 0 Å². The van der Waals surface area contributed by atoms with Gasteiger partial charge in [-0.2, -0.15) is 0 Å². The summed E-state index contributed by atoms with van der Waals surface area (Å²) >= 11 is 0. The van der Waals surface area contributed by atoms with E-state index in [1.807, 2.05) is 56.3 Å². The van der Waals surface area contributed by atoms with Crippen LogP contribution in [0.1, 0.15) is 29.8 Å². The van der Waals surface area contributed by atoms with Gasteiger partial charge in [0.05, 0.1) is 16.6 Å². The van der Waals surface area contributed by atoms with E-state index < -0.39 is 5.41 Å². The first-order chi connectivity index (χ1) is 12.4. The van der Waals surface area contributed by atoms with Crippen LogP contribution in [0.25, 0.3) is 10.9 Å². The maximum absolute atomic E-state index is 12.8. The molecule has 26 heavy (non-hydrogen) atoms. The zero-order chi connectivity index (χ0) is 18.5. The molecular formula is C21H19N3O2. The molecule has 0 bridgehead atoms. The third kappa shape index (κ3) is 2.36. The first-order valence-corrected chi connectivity index (χ1v) is 8.47. The summed E-state index contributed by atoms with van der Waals surface area (Å²) in [5, 5.41) is 3.91. The van der Waals surface area contributed by atoms with Crippen molar-refractivity contribution in [3.05, 3.63) is 65.9 Å². The molecular weight excluding hydrogens is 326 g/mol. The van der Waals surface area contributed by atoms with Crippen molar-refractivity contribution >= 4 is 34.1 Å². The molecule has 0 unspecified atom stereocenters. The van der Waals surface area contributed by atoms with E-state index in [-0.39, 0.29) is 11.8 Å². The van der Waals surface area contributed by atoms with Crippen molar-refractivity contribution in [2.75, 3.05) is 17.3 Å². The summed E-state index contributed by atoms with van der Waals surface area (Å²) in [5.41, 5.74) is 3.02. The molecule has 2 amide bonds. The number of anilines is 2. The van der Waals surface area contributed by atoms with Crippen LogP contribution in [-0.4, -0.2) is 23.8 Å². The van der Waals surface area contributed by atoms with Crippen LogP contribution in [0.4, 0.5) is 11.4 Å². The molecule has 0 fully saturated rings. The minimum Gasteiger partial charge on any atom is -0.320 e. The molecule has 3 aromatic rings. The van der Waals surface area contributed by atoms with Crippen LogP contribution in [0.5, 0.6) is 0 Å². The monoisotopic (exact) mass is 345 g/mol. The number of fused-ring (bicyclic) bond motifs is 2. The molecule has 130 valence electrons. The number of para-hydroxylation sites is 1. The second kappa shape index (κ2) is 5.66. The summed E-state index contributed by atoms with van der Waals surface area (Å²) < 4.78 is 0. The molecule has 1 aliphatic rings. The second-order valence-corrected chi connectivity index (χ2v) is 7.06. The highest BCUT2D eigenvalue weighted by molar-refractivity contribution is 6.11. The molecule has 4 rings (SSSR count). The normalized spacial score (nSPS) is 15.2. The number of carbonyl (C=O) groups is 2. The van der Waals surface area contributed by atoms with E-state index in [1.54, 1.807) is 24.2 Å². The summed E-state index contributed by atoms with van der Waals surface area (Å²) in [5.74, 6) is -0.188. The minimum atomic E-state index is -0.638. The van der Waals surface area contributed by atoms with Gasteiger partial charge in [-0.3, -0.25) is 14.6 Å². The number of rotatable bonds is 2. The van der Waals surface area contributed by atoms with Crippen LogP contribution in [0.2, 0.25) is 0 Å². The number of carbonyl (C=O) groups excluding carboxylic acids is 2. The van der Waals surface area contributed by atoms with E-state index in [1.165, 1.54) is 0 Å². The van der Waals surface area contributed by atoms with Gasteiger partial charge in [0.15, 0.2) is 0 Å². The SMILES string of the molecule is CN1C(=O)C(C)(C)c2cc(C(=O)Nc3cccc4cccnc34)ccc21. The van der Waals surface area contributed by atoms with Crippen molar-refractivity contribution in [2.45, 2.75) is 19.3 Å². The molecule has 0 radical (unpaired) electrons. The Morgan fingerprint density at radius 3 is 2.69 bits per heavy atom. The fourth-order valence-electron chi connectivity index (χ4n) is 3.51. The highest BCUT2D eigenvalue weighted by Gasteiger charge is 2.42. The quantitative estimate of drug-likeness (QED) is 0.769. The van der Waals surface area contributed by atoms with Gasteiger partial charge in [-0.15, -0.1) is 0 Å². The molecule has 0 spiro atoms. The van der Waals surface area contributed by atoms with Crippen LogP contribution in [0.15, 0.2) is 54.7 Å². The lowest BCUT2D eigenvalue weighted by Crippen LogP contribution is -2.33. The summed E-state index contributed by atoms with van der Waals surface area (Å²) in [4.78, 5) is 31.2. The lowest BCUT2D eigenvalue weighted by atomic mass is 9.85. The lowest BCUT2D eigenvalue weighted by Gasteiger charge is -2.16. The largest absolute Gasteiger partial charge is 0.320 e. The Kier molecular flexibility index (Phi) is 3.54. The number of likely N-dealkylation sites (N-methyl/N-ethyl adjacent to an activating group) is 1. The first-order valence-electron chi connectivity index (χ1n) is 8.47. The molecule has 0 saturated carbocycles. The average molecular weight is 345 g/mol. The Balaban J connectivity index is 1.70. The van der Waals surface area contributed by atoms with E-state index in [9.17, 15) is 9.59 Å². The van der Waals surface area contributed by atoms with Gasteiger partial charge in [-0.1, -0.05) is 18.2 Å². The lowest BCUT2D eigenvalue weighted by molar-refractivity contribution is -0.121. The third-order valence-corrected chi connectivity index (χ3v) is 5.01. The molecule has 0 atom stereocenters. The summed E-state index contributed by atoms with van der Waals surface area (Å²) in [7, 11) is 1.76. The maximum atomic E-state index is 12.8. The number of aromatic nitrogens is 1. The fraction of sp³-hybridized carbons (Fsp3) is 0.190. The van der Waals surface area contributed by atoms with Gasteiger partial charge in [0.1, 0.15) is 0 Å². The molecule has 2 aromatic carbocycles. The van der Waals surface area contributed by atoms with Crippen molar-refractivity contribution in [2.24, 2.45) is 0 Å². The summed E-state index contributed by atoms with van der Waals surface area (Å²) in [6, 6.07) is 14.9. The molecule has 1 aromatic heterocycles. The topological polar surface area (TPSA) is 62.3 Å². The number of amides is 2. The number of nitrogens with zero attached hydrogens (tertiary/aromatic N) is 2. The standard InChI is InChI=1S/C21H19N3O2/c1-21(2)15-12-14(9-10-17(15)24(3)20(21)26)19(25)23-16-8-4-6-13-7-5-11-22-18(13)16/h4-12H,1-3H3,(H,23,25). The van der Waals surface area contributed by atoms with E-state index in [0.717, 1.165) is 22.2 Å². The summed E-state index contributed by atoms with van der Waals surface area (Å²) in [6.45, 7) is 3.77. The second-order valence-electron chi connectivity index (χ2n) is 7.06. The molecule has 5 nitrogen and oxygen atoms in total. The van der Waals surface area contributed by atoms with Crippen LogP contribution >= 0.6 is 0 Å². The molecule has 1 aliphatic heterocycles. The number of benzene rings is 2. The Bertz CT molecular complexity index is 1050. The number of hydrogen-bond donors (Lipinski definition) is 1. The van der Waals surface area contributed by atoms with Crippen molar-refractivity contribution in [1.29, 1.82) is 0 Å². The van der Waals surface area contributed by atoms with Gasteiger partial charge < -0.3 is 10.2 Å².